The summed E-state index contributed by atoms with van der Waals surface area (Å²) in [6.07, 6.45) is 1.71. The first-order valence-corrected chi connectivity index (χ1v) is 7.21. The van der Waals surface area contributed by atoms with Crippen LogP contribution in [0.4, 0.5) is 0 Å². The van der Waals surface area contributed by atoms with E-state index in [4.69, 9.17) is 11.6 Å². The number of benzene rings is 1. The van der Waals surface area contributed by atoms with E-state index < -0.39 is 0 Å². The number of carbonyl (C=O) groups is 1. The summed E-state index contributed by atoms with van der Waals surface area (Å²) < 4.78 is 0. The molecular weight excluding hydrogens is 294 g/mol. The van der Waals surface area contributed by atoms with Gasteiger partial charge in [0, 0.05) is 17.0 Å². The van der Waals surface area contributed by atoms with E-state index in [1.54, 1.807) is 12.3 Å². The van der Waals surface area contributed by atoms with Gasteiger partial charge in [-0.3, -0.25) is 4.79 Å². The molecule has 2 aromatic heterocycles. The van der Waals surface area contributed by atoms with Crippen LogP contribution in [0.25, 0.3) is 10.8 Å². The molecule has 0 fully saturated rings. The van der Waals surface area contributed by atoms with Crippen molar-refractivity contribution in [3.8, 4) is 0 Å². The highest BCUT2D eigenvalue weighted by Crippen LogP contribution is 2.22. The van der Waals surface area contributed by atoms with Crippen LogP contribution in [0.1, 0.15) is 15.5 Å². The maximum absolute atomic E-state index is 12.1. The molecule has 6 heteroatoms. The molecule has 2 heterocycles. The fourth-order valence-corrected chi connectivity index (χ4v) is 2.68. The molecule has 0 atom stereocenters. The Morgan fingerprint density at radius 3 is 3.00 bits per heavy atom. The van der Waals surface area contributed by atoms with Crippen molar-refractivity contribution in [3.05, 3.63) is 57.8 Å². The number of fused-ring (bicyclic) bond motifs is 1. The minimum Gasteiger partial charge on any atom is -0.344 e. The van der Waals surface area contributed by atoms with E-state index in [0.29, 0.717) is 17.4 Å². The number of aromatic nitrogens is 2. The minimum absolute atomic E-state index is 0.257. The van der Waals surface area contributed by atoms with E-state index in [2.05, 4.69) is 15.3 Å². The Morgan fingerprint density at radius 1 is 1.35 bits per heavy atom. The second kappa shape index (κ2) is 5.56. The predicted molar refractivity (Wildman–Crippen MR) is 80.0 cm³/mol. The lowest BCUT2D eigenvalue weighted by molar-refractivity contribution is 0.0946. The van der Waals surface area contributed by atoms with Gasteiger partial charge in [-0.25, -0.2) is 9.97 Å². The van der Waals surface area contributed by atoms with Crippen molar-refractivity contribution in [2.24, 2.45) is 0 Å². The van der Waals surface area contributed by atoms with Crippen molar-refractivity contribution >= 4 is 39.6 Å². The molecule has 3 aromatic rings. The summed E-state index contributed by atoms with van der Waals surface area (Å²) in [5, 5.41) is 7.57. The molecule has 0 saturated heterocycles. The van der Waals surface area contributed by atoms with Gasteiger partial charge in [0.05, 0.1) is 6.54 Å². The summed E-state index contributed by atoms with van der Waals surface area (Å²) >= 11 is 7.60. The summed E-state index contributed by atoms with van der Waals surface area (Å²) in [7, 11) is 0. The van der Waals surface area contributed by atoms with Gasteiger partial charge in [-0.1, -0.05) is 35.9 Å². The average molecular weight is 304 g/mol. The number of amides is 1. The summed E-state index contributed by atoms with van der Waals surface area (Å²) in [6, 6.07) is 9.30. The highest BCUT2D eigenvalue weighted by molar-refractivity contribution is 7.09. The molecule has 0 aliphatic carbocycles. The zero-order chi connectivity index (χ0) is 13.9. The van der Waals surface area contributed by atoms with E-state index in [0.717, 1.165) is 15.8 Å². The highest BCUT2D eigenvalue weighted by Gasteiger charge is 2.11. The van der Waals surface area contributed by atoms with Crippen molar-refractivity contribution < 1.29 is 4.79 Å². The molecule has 0 bridgehead atoms. The van der Waals surface area contributed by atoms with Crippen molar-refractivity contribution in [2.45, 2.75) is 6.54 Å². The van der Waals surface area contributed by atoms with Gasteiger partial charge in [0.1, 0.15) is 15.9 Å². The zero-order valence-electron chi connectivity index (χ0n) is 10.3. The van der Waals surface area contributed by atoms with E-state index in [-0.39, 0.29) is 5.91 Å². The van der Waals surface area contributed by atoms with E-state index in [1.165, 1.54) is 11.3 Å². The number of hydrogen-bond acceptors (Lipinski definition) is 4. The Bertz CT molecular complexity index is 758. The lowest BCUT2D eigenvalue weighted by Crippen LogP contribution is -2.23. The molecule has 1 amide bonds. The first-order valence-electron chi connectivity index (χ1n) is 5.96. The molecular formula is C14H10ClN3OS. The number of thiazole rings is 1. The van der Waals surface area contributed by atoms with Gasteiger partial charge in [0.2, 0.25) is 0 Å². The van der Waals surface area contributed by atoms with Gasteiger partial charge in [-0.2, -0.15) is 0 Å². The Hall–Kier alpha value is -1.98. The largest absolute Gasteiger partial charge is 0.344 e. The Morgan fingerprint density at radius 2 is 2.20 bits per heavy atom. The quantitative estimate of drug-likeness (QED) is 0.756. The van der Waals surface area contributed by atoms with E-state index in [9.17, 15) is 4.79 Å². The second-order valence-corrected chi connectivity index (χ2v) is 5.47. The van der Waals surface area contributed by atoms with Crippen LogP contribution in [-0.4, -0.2) is 15.9 Å². The number of carbonyl (C=O) groups excluding carboxylic acids is 1. The Kier molecular flexibility index (Phi) is 3.62. The van der Waals surface area contributed by atoms with Crippen LogP contribution in [0.15, 0.2) is 41.9 Å². The topological polar surface area (TPSA) is 54.9 Å². The second-order valence-electron chi connectivity index (χ2n) is 4.13. The Labute approximate surface area is 124 Å². The van der Waals surface area contributed by atoms with Crippen LogP contribution in [0.2, 0.25) is 5.15 Å². The monoisotopic (exact) mass is 303 g/mol. The van der Waals surface area contributed by atoms with Crippen molar-refractivity contribution in [1.82, 2.24) is 15.3 Å². The fraction of sp³-hybridized carbons (Fsp3) is 0.0714. The molecule has 3 rings (SSSR count). The fourth-order valence-electron chi connectivity index (χ4n) is 1.86. The van der Waals surface area contributed by atoms with Crippen LogP contribution >= 0.6 is 22.9 Å². The van der Waals surface area contributed by atoms with Crippen molar-refractivity contribution in [1.29, 1.82) is 0 Å². The minimum atomic E-state index is -0.257. The molecule has 20 heavy (non-hydrogen) atoms. The molecule has 1 aromatic carbocycles. The van der Waals surface area contributed by atoms with Gasteiger partial charge in [-0.15, -0.1) is 11.3 Å². The number of halogens is 1. The molecule has 0 aliphatic rings. The first-order chi connectivity index (χ1) is 9.74. The summed E-state index contributed by atoms with van der Waals surface area (Å²) in [4.78, 5) is 20.3. The maximum Gasteiger partial charge on any atom is 0.270 e. The van der Waals surface area contributed by atoms with Gasteiger partial charge in [0.15, 0.2) is 0 Å². The summed E-state index contributed by atoms with van der Waals surface area (Å²) in [5.74, 6) is -0.257. The number of nitrogens with one attached hydrogen (secondary N) is 1. The van der Waals surface area contributed by atoms with Gasteiger partial charge < -0.3 is 5.32 Å². The van der Waals surface area contributed by atoms with E-state index in [1.807, 2.05) is 29.6 Å². The maximum atomic E-state index is 12.1. The Balaban J connectivity index is 1.84. The zero-order valence-corrected chi connectivity index (χ0v) is 11.9. The van der Waals surface area contributed by atoms with Gasteiger partial charge >= 0.3 is 0 Å². The number of hydrogen-bond donors (Lipinski definition) is 1. The number of rotatable bonds is 3. The SMILES string of the molecule is O=C(NCc1nccs1)c1cc2ccccc2c(Cl)n1. The third-order valence-corrected chi connectivity index (χ3v) is 3.88. The molecule has 4 nitrogen and oxygen atoms in total. The van der Waals surface area contributed by atoms with Crippen molar-refractivity contribution in [2.75, 3.05) is 0 Å². The van der Waals surface area contributed by atoms with Gasteiger partial charge in [0.25, 0.3) is 5.91 Å². The summed E-state index contributed by atoms with van der Waals surface area (Å²) in [5.41, 5.74) is 0.310. The molecule has 100 valence electrons. The number of nitrogens with zero attached hydrogens (tertiary/aromatic N) is 2. The van der Waals surface area contributed by atoms with Crippen LogP contribution in [0.5, 0.6) is 0 Å². The average Bonchev–Trinajstić information content (AvgIpc) is 2.98. The predicted octanol–water partition coefficient (Wildman–Crippen LogP) is 3.27. The molecule has 0 spiro atoms. The van der Waals surface area contributed by atoms with Crippen LogP contribution in [-0.2, 0) is 6.54 Å². The standard InChI is InChI=1S/C14H10ClN3OS/c15-13-10-4-2-1-3-9(10)7-11(18-13)14(19)17-8-12-16-5-6-20-12/h1-7H,8H2,(H,17,19). The van der Waals surface area contributed by atoms with E-state index >= 15 is 0 Å². The molecule has 0 radical (unpaired) electrons. The normalized spacial score (nSPS) is 10.7. The molecule has 0 saturated carbocycles. The van der Waals surface area contributed by atoms with Crippen molar-refractivity contribution in [3.63, 3.8) is 0 Å². The molecule has 0 aliphatic heterocycles. The lowest BCUT2D eigenvalue weighted by Gasteiger charge is -2.05. The van der Waals surface area contributed by atoms with Crippen LogP contribution in [0.3, 0.4) is 0 Å². The smallest absolute Gasteiger partial charge is 0.270 e. The third-order valence-electron chi connectivity index (χ3n) is 2.81. The number of pyridine rings is 1. The molecule has 1 N–H and O–H groups in total. The first kappa shape index (κ1) is 13.0. The van der Waals surface area contributed by atoms with Crippen LogP contribution in [0, 0.1) is 0 Å². The third kappa shape index (κ3) is 2.64. The lowest BCUT2D eigenvalue weighted by atomic mass is 10.1. The van der Waals surface area contributed by atoms with Crippen LogP contribution < -0.4 is 5.32 Å². The highest BCUT2D eigenvalue weighted by atomic mass is 35.5. The molecule has 0 unspecified atom stereocenters. The van der Waals surface area contributed by atoms with Gasteiger partial charge in [-0.05, 0) is 11.5 Å². The summed E-state index contributed by atoms with van der Waals surface area (Å²) in [6.45, 7) is 0.391.